The molecule has 0 rings (SSSR count). The van der Waals surface area contributed by atoms with Gasteiger partial charge in [-0.05, 0) is 6.42 Å². The molecule has 0 unspecified atom stereocenters. The second-order valence-corrected chi connectivity index (χ2v) is 5.96. The molecule has 0 radical (unpaired) electrons. The highest BCUT2D eigenvalue weighted by atomic mass is 35.6. The summed E-state index contributed by atoms with van der Waals surface area (Å²) in [5.74, 6) is -0.294. The minimum absolute atomic E-state index is 0.175. The van der Waals surface area contributed by atoms with Gasteiger partial charge < -0.3 is 4.74 Å². The van der Waals surface area contributed by atoms with Crippen molar-refractivity contribution < 1.29 is 9.53 Å². The molecule has 90 valence electrons. The van der Waals surface area contributed by atoms with Gasteiger partial charge in [0.1, 0.15) is 6.61 Å². The summed E-state index contributed by atoms with van der Waals surface area (Å²) in [7, 11) is 0. The maximum atomic E-state index is 11.1. The second-order valence-electron chi connectivity index (χ2n) is 3.44. The van der Waals surface area contributed by atoms with Crippen molar-refractivity contribution in [2.45, 2.75) is 49.2 Å². The van der Waals surface area contributed by atoms with Crippen molar-refractivity contribution in [3.63, 3.8) is 0 Å². The molecule has 0 spiro atoms. The summed E-state index contributed by atoms with van der Waals surface area (Å²) in [5.41, 5.74) is 0. The molecule has 0 fully saturated rings. The van der Waals surface area contributed by atoms with E-state index in [4.69, 9.17) is 39.5 Å². The average Bonchev–Trinajstić information content (AvgIpc) is 2.13. The average molecular weight is 276 g/mol. The molecular formula is C10H17Cl3O2. The van der Waals surface area contributed by atoms with Crippen molar-refractivity contribution in [1.29, 1.82) is 0 Å². The van der Waals surface area contributed by atoms with Gasteiger partial charge >= 0.3 is 5.97 Å². The summed E-state index contributed by atoms with van der Waals surface area (Å²) in [4.78, 5) is 11.1. The van der Waals surface area contributed by atoms with E-state index in [2.05, 4.69) is 6.92 Å². The van der Waals surface area contributed by atoms with E-state index in [1.165, 1.54) is 12.8 Å². The van der Waals surface area contributed by atoms with E-state index >= 15 is 0 Å². The van der Waals surface area contributed by atoms with Gasteiger partial charge in [-0.25, -0.2) is 0 Å². The van der Waals surface area contributed by atoms with E-state index in [-0.39, 0.29) is 12.6 Å². The fourth-order valence-corrected chi connectivity index (χ4v) is 1.27. The number of alkyl halides is 3. The van der Waals surface area contributed by atoms with Crippen LogP contribution < -0.4 is 0 Å². The largest absolute Gasteiger partial charge is 0.461 e. The van der Waals surface area contributed by atoms with Crippen LogP contribution in [0, 0.1) is 0 Å². The van der Waals surface area contributed by atoms with Crippen LogP contribution in [0.25, 0.3) is 0 Å². The molecule has 0 saturated heterocycles. The van der Waals surface area contributed by atoms with Crippen LogP contribution in [0.3, 0.4) is 0 Å². The lowest BCUT2D eigenvalue weighted by molar-refractivity contribution is -0.143. The summed E-state index contributed by atoms with van der Waals surface area (Å²) < 4.78 is 3.28. The quantitative estimate of drug-likeness (QED) is 0.394. The summed E-state index contributed by atoms with van der Waals surface area (Å²) in [6.07, 6.45) is 5.87. The number of unbranched alkanes of at least 4 members (excludes halogenated alkanes) is 4. The first-order valence-electron chi connectivity index (χ1n) is 5.18. The lowest BCUT2D eigenvalue weighted by Gasteiger charge is -2.10. The zero-order chi connectivity index (χ0) is 11.7. The molecule has 0 heterocycles. The maximum absolute atomic E-state index is 11.1. The van der Waals surface area contributed by atoms with E-state index in [0.717, 1.165) is 19.3 Å². The molecule has 0 aromatic rings. The standard InChI is InChI=1S/C10H17Cl3O2/c1-2-3-4-5-6-7-9(14)15-8-10(11,12)13/h2-8H2,1H3. The number of hydrogen-bond donors (Lipinski definition) is 0. The van der Waals surface area contributed by atoms with Crippen molar-refractivity contribution in [2.24, 2.45) is 0 Å². The SMILES string of the molecule is CCCCCCCC(=O)OCC(Cl)(Cl)Cl. The monoisotopic (exact) mass is 274 g/mol. The Bertz CT molecular complexity index is 178. The molecule has 0 aliphatic rings. The number of esters is 1. The molecule has 0 aromatic carbocycles. The number of hydrogen-bond acceptors (Lipinski definition) is 2. The van der Waals surface area contributed by atoms with Crippen LogP contribution in [0.15, 0.2) is 0 Å². The van der Waals surface area contributed by atoms with Gasteiger partial charge in [0.25, 0.3) is 0 Å². The van der Waals surface area contributed by atoms with Gasteiger partial charge in [-0.1, -0.05) is 67.4 Å². The highest BCUT2D eigenvalue weighted by Crippen LogP contribution is 2.26. The van der Waals surface area contributed by atoms with E-state index in [1.807, 2.05) is 0 Å². The van der Waals surface area contributed by atoms with Gasteiger partial charge in [-0.15, -0.1) is 0 Å². The van der Waals surface area contributed by atoms with Gasteiger partial charge in [0.15, 0.2) is 0 Å². The van der Waals surface area contributed by atoms with Gasteiger partial charge in [0, 0.05) is 6.42 Å². The Hall–Kier alpha value is 0.340. The Morgan fingerprint density at radius 1 is 1.13 bits per heavy atom. The minimum atomic E-state index is -1.50. The molecule has 2 nitrogen and oxygen atoms in total. The zero-order valence-electron chi connectivity index (χ0n) is 8.90. The van der Waals surface area contributed by atoms with Crippen molar-refractivity contribution in [2.75, 3.05) is 6.61 Å². The van der Waals surface area contributed by atoms with Gasteiger partial charge in [0.2, 0.25) is 3.79 Å². The molecule has 0 amide bonds. The van der Waals surface area contributed by atoms with Crippen molar-refractivity contribution in [3.8, 4) is 0 Å². The van der Waals surface area contributed by atoms with E-state index in [1.54, 1.807) is 0 Å². The number of ether oxygens (including phenoxy) is 1. The van der Waals surface area contributed by atoms with Crippen LogP contribution in [0.1, 0.15) is 45.4 Å². The van der Waals surface area contributed by atoms with Crippen LogP contribution in [0.4, 0.5) is 0 Å². The molecule has 0 aliphatic heterocycles. The van der Waals surface area contributed by atoms with Crippen molar-refractivity contribution >= 4 is 40.8 Å². The first-order valence-corrected chi connectivity index (χ1v) is 6.31. The Morgan fingerprint density at radius 3 is 2.27 bits per heavy atom. The van der Waals surface area contributed by atoms with Crippen LogP contribution in [-0.4, -0.2) is 16.4 Å². The Balaban J connectivity index is 3.34. The van der Waals surface area contributed by atoms with Crippen LogP contribution in [-0.2, 0) is 9.53 Å². The molecule has 0 bridgehead atoms. The number of halogens is 3. The van der Waals surface area contributed by atoms with Crippen LogP contribution >= 0.6 is 34.8 Å². The Kier molecular flexibility index (Phi) is 8.68. The Labute approximate surface area is 106 Å². The topological polar surface area (TPSA) is 26.3 Å². The number of carbonyl (C=O) groups is 1. The second kappa shape index (κ2) is 8.49. The highest BCUT2D eigenvalue weighted by Gasteiger charge is 2.21. The summed E-state index contributed by atoms with van der Waals surface area (Å²) in [6.45, 7) is 1.97. The number of rotatable bonds is 7. The van der Waals surface area contributed by atoms with E-state index < -0.39 is 3.79 Å². The third-order valence-corrected chi connectivity index (χ3v) is 2.21. The highest BCUT2D eigenvalue weighted by molar-refractivity contribution is 6.67. The smallest absolute Gasteiger partial charge is 0.305 e. The summed E-state index contributed by atoms with van der Waals surface area (Å²) >= 11 is 16.3. The molecule has 5 heteroatoms. The first-order chi connectivity index (χ1) is 6.95. The predicted octanol–water partition coefficient (Wildman–Crippen LogP) is 4.26. The van der Waals surface area contributed by atoms with E-state index in [9.17, 15) is 4.79 Å². The fourth-order valence-electron chi connectivity index (χ4n) is 1.11. The third kappa shape index (κ3) is 12.3. The maximum Gasteiger partial charge on any atom is 0.305 e. The first kappa shape index (κ1) is 15.3. The lowest BCUT2D eigenvalue weighted by Crippen LogP contribution is -2.17. The molecule has 0 N–H and O–H groups in total. The van der Waals surface area contributed by atoms with Gasteiger partial charge in [-0.2, -0.15) is 0 Å². The van der Waals surface area contributed by atoms with Crippen molar-refractivity contribution in [3.05, 3.63) is 0 Å². The molecule has 0 atom stereocenters. The normalized spacial score (nSPS) is 11.5. The molecule has 15 heavy (non-hydrogen) atoms. The zero-order valence-corrected chi connectivity index (χ0v) is 11.2. The molecule has 0 aliphatic carbocycles. The fraction of sp³-hybridized carbons (Fsp3) is 0.900. The minimum Gasteiger partial charge on any atom is -0.461 e. The van der Waals surface area contributed by atoms with Crippen molar-refractivity contribution in [1.82, 2.24) is 0 Å². The van der Waals surface area contributed by atoms with Crippen LogP contribution in [0.5, 0.6) is 0 Å². The predicted molar refractivity (Wildman–Crippen MR) is 64.6 cm³/mol. The summed E-state index contributed by atoms with van der Waals surface area (Å²) in [5, 5.41) is 0. The van der Waals surface area contributed by atoms with E-state index in [0.29, 0.717) is 6.42 Å². The lowest BCUT2D eigenvalue weighted by atomic mass is 10.1. The summed E-state index contributed by atoms with van der Waals surface area (Å²) in [6, 6.07) is 0. The Morgan fingerprint density at radius 2 is 1.73 bits per heavy atom. The van der Waals surface area contributed by atoms with Gasteiger partial charge in [-0.3, -0.25) is 4.79 Å². The molecule has 0 saturated carbocycles. The number of carbonyl (C=O) groups excluding carboxylic acids is 1. The molecule has 0 aromatic heterocycles. The van der Waals surface area contributed by atoms with Crippen LogP contribution in [0.2, 0.25) is 0 Å². The third-order valence-electron chi connectivity index (χ3n) is 1.88. The van der Waals surface area contributed by atoms with Gasteiger partial charge in [0.05, 0.1) is 0 Å². The molecular weight excluding hydrogens is 258 g/mol.